The number of carbonyl (C=O) groups is 2. The first-order chi connectivity index (χ1) is 23.5. The van der Waals surface area contributed by atoms with Crippen molar-refractivity contribution in [1.29, 1.82) is 0 Å². The van der Waals surface area contributed by atoms with E-state index in [4.69, 9.17) is 15.3 Å². The molecule has 1 aromatic heterocycles. The average molecular weight is 775 g/mol. The number of H-pyrrole nitrogens is 1. The summed E-state index contributed by atoms with van der Waals surface area (Å²) in [6.45, 7) is 14.0. The van der Waals surface area contributed by atoms with Gasteiger partial charge in [-0.25, -0.2) is 4.98 Å². The molecule has 7 atom stereocenters. The summed E-state index contributed by atoms with van der Waals surface area (Å²) in [5.41, 5.74) is 26.7. The Morgan fingerprint density at radius 3 is 1.47 bits per heavy atom. The lowest BCUT2D eigenvalue weighted by Gasteiger charge is -2.08. The number of hydrogen-bond donors (Lipinski definition) is 12. The third kappa shape index (κ3) is 54.5. The molecule has 0 fully saturated rings. The Kier molecular flexibility index (Phi) is 43.9. The van der Waals surface area contributed by atoms with Crippen LogP contribution < -0.4 is 50.3 Å². The van der Waals surface area contributed by atoms with Crippen molar-refractivity contribution in [3.63, 3.8) is 0 Å². The van der Waals surface area contributed by atoms with Crippen LogP contribution in [0.4, 0.5) is 0 Å². The number of thioether (sulfide) groups is 1. The summed E-state index contributed by atoms with van der Waals surface area (Å²) in [7, 11) is 0. The summed E-state index contributed by atoms with van der Waals surface area (Å²) in [5, 5.41) is 46.2. The Morgan fingerprint density at radius 1 is 0.843 bits per heavy atom. The van der Waals surface area contributed by atoms with Gasteiger partial charge >= 0.3 is 0 Å². The predicted octanol–water partition coefficient (Wildman–Crippen LogP) is -7.23. The minimum absolute atomic E-state index is 0.157. The van der Waals surface area contributed by atoms with E-state index in [2.05, 4.69) is 89.8 Å². The number of phenolic OH excluding ortho intramolecular Hbond substituents is 1. The molecule has 1 heterocycles. The van der Waals surface area contributed by atoms with Gasteiger partial charge in [0, 0.05) is 36.9 Å². The summed E-state index contributed by atoms with van der Waals surface area (Å²) < 4.78 is 0. The highest BCUT2D eigenvalue weighted by Gasteiger charge is 2.09. The summed E-state index contributed by atoms with van der Waals surface area (Å²) in [6, 6.07) is 6.95. The average Bonchev–Trinajstić information content (AvgIpc) is 3.55. The first-order valence-corrected chi connectivity index (χ1v) is 18.9. The number of benzene rings is 1. The van der Waals surface area contributed by atoms with Gasteiger partial charge < -0.3 is 80.2 Å². The smallest absolute Gasteiger partial charge is 0.130 e. The maximum absolute atomic E-state index is 10.3. The molecule has 1 aromatic carbocycles. The highest BCUT2D eigenvalue weighted by Crippen LogP contribution is 2.10. The molecule has 1 unspecified atom stereocenters. The first-order valence-electron chi connectivity index (χ1n) is 16.9. The van der Waals surface area contributed by atoms with Crippen LogP contribution in [0, 0.1) is 0 Å². The van der Waals surface area contributed by atoms with E-state index < -0.39 is 24.0 Å². The van der Waals surface area contributed by atoms with Gasteiger partial charge in [0.1, 0.15) is 36.0 Å². The molecule has 0 aliphatic rings. The van der Waals surface area contributed by atoms with Crippen molar-refractivity contribution in [3.8, 4) is 5.75 Å². The normalized spacial score (nSPS) is 13.9. The summed E-state index contributed by atoms with van der Waals surface area (Å²) in [5.74, 6) is 0.00971. The quantitative estimate of drug-likeness (QED) is 0.0910. The van der Waals surface area contributed by atoms with Crippen molar-refractivity contribution < 1.29 is 75.3 Å². The van der Waals surface area contributed by atoms with Crippen LogP contribution in [0.25, 0.3) is 0 Å². The Balaban J connectivity index is -0.000000169. The zero-order chi connectivity index (χ0) is 41.1. The van der Waals surface area contributed by atoms with E-state index in [0.29, 0.717) is 31.0 Å². The number of aromatic hydroxyl groups is 1. The van der Waals surface area contributed by atoms with E-state index in [1.54, 1.807) is 25.3 Å². The molecular formula is C33H76N9O7S2+5. The number of quaternary nitrogens is 7. The fourth-order valence-corrected chi connectivity index (χ4v) is 2.70. The van der Waals surface area contributed by atoms with Gasteiger partial charge in [0.2, 0.25) is 0 Å². The van der Waals surface area contributed by atoms with Gasteiger partial charge in [-0.15, -0.1) is 0 Å². The fraction of sp³-hybridized carbons (Fsp3) is 0.667. The van der Waals surface area contributed by atoms with Crippen LogP contribution in [-0.2, 0) is 22.4 Å². The van der Waals surface area contributed by atoms with Gasteiger partial charge in [-0.2, -0.15) is 24.4 Å². The van der Waals surface area contributed by atoms with Crippen molar-refractivity contribution >= 4 is 36.3 Å². The minimum Gasteiger partial charge on any atom is -0.544 e. The number of aliphatic hydroxyl groups is 2. The maximum Gasteiger partial charge on any atom is 0.130 e. The van der Waals surface area contributed by atoms with E-state index in [1.807, 2.05) is 32.5 Å². The molecular weight excluding hydrogens is 699 g/mol. The third-order valence-electron chi connectivity index (χ3n) is 5.37. The highest BCUT2D eigenvalue weighted by molar-refractivity contribution is 7.98. The van der Waals surface area contributed by atoms with Crippen molar-refractivity contribution in [3.05, 3.63) is 48.0 Å². The number of phenols is 1. The molecule has 0 aliphatic carbocycles. The molecule has 16 nitrogen and oxygen atoms in total. The molecule has 2 rings (SSSR count). The molecule has 0 bridgehead atoms. The lowest BCUT2D eigenvalue weighted by molar-refractivity contribution is -0.437. The number of imidazole rings is 1. The second-order valence-electron chi connectivity index (χ2n) is 12.8. The zero-order valence-corrected chi connectivity index (χ0v) is 34.3. The molecule has 18 heteroatoms. The van der Waals surface area contributed by atoms with Crippen molar-refractivity contribution in [2.24, 2.45) is 0 Å². The van der Waals surface area contributed by atoms with E-state index in [9.17, 15) is 19.8 Å². The number of aromatic amines is 1. The lowest BCUT2D eigenvalue weighted by Crippen LogP contribution is -2.69. The second-order valence-corrected chi connectivity index (χ2v) is 14.1. The molecule has 0 spiro atoms. The largest absolute Gasteiger partial charge is 0.544 e. The Labute approximate surface area is 315 Å². The van der Waals surface area contributed by atoms with Crippen LogP contribution in [0.5, 0.6) is 5.75 Å². The zero-order valence-electron chi connectivity index (χ0n) is 32.6. The molecule has 0 saturated heterocycles. The molecule has 0 aliphatic heterocycles. The number of carbonyl (C=O) groups excluding carboxylic acids is 2. The maximum atomic E-state index is 10.3. The molecule has 25 N–H and O–H groups in total. The van der Waals surface area contributed by atoms with Gasteiger partial charge in [-0.1, -0.05) is 12.1 Å². The Morgan fingerprint density at radius 2 is 1.24 bits per heavy atom. The standard InChI is InChI=1S/C9H11NO3.C6H9N3O2.C5H13NS.C4H11NO.C3H9NO.C3H9NS.C3H9N/c10-8(9(12)13)5-6-1-3-7(11)4-2-6;7-5(6(10)11)1-4-2-8-3-9-4;1-5(6)3-4-7-2;1-3(5)4(2)6;2*1-3(4)2-5;1-3(2)4/h1-4,8,11H,5,10H2,(H,12,13);2-3,5H,1,7H2,(H,8,9)(H,10,11);5H,3-4,6H2,1-2H3;3-4,6H,5H2,1-2H3;2*3,5H,2,4H2,1H3;3H,4H2,1-2H3/p+5/t8-;2*5-;3-,4?;2*3-;/m110000./s1. The minimum atomic E-state index is -1.16. The molecule has 0 amide bonds. The van der Waals surface area contributed by atoms with Crippen LogP contribution in [0.3, 0.4) is 0 Å². The van der Waals surface area contributed by atoms with Crippen molar-refractivity contribution in [2.45, 2.75) is 116 Å². The lowest BCUT2D eigenvalue weighted by atomic mass is 10.1. The highest BCUT2D eigenvalue weighted by atomic mass is 32.2. The van der Waals surface area contributed by atoms with Crippen LogP contribution in [0.1, 0.15) is 66.1 Å². The van der Waals surface area contributed by atoms with Gasteiger partial charge in [-0.05, 0) is 78.2 Å². The van der Waals surface area contributed by atoms with Crippen molar-refractivity contribution in [2.75, 3.05) is 24.4 Å². The van der Waals surface area contributed by atoms with Gasteiger partial charge in [0.15, 0.2) is 0 Å². The number of nitrogens with zero attached hydrogens (tertiary/aromatic N) is 1. The topological polar surface area (TPSA) is 363 Å². The number of rotatable bonds is 12. The van der Waals surface area contributed by atoms with Crippen LogP contribution >= 0.6 is 24.4 Å². The predicted molar refractivity (Wildman–Crippen MR) is 201 cm³/mol. The SMILES string of the molecule is CC(C)[NH3+].CC(O)[C@H](C)[NH3+].CSCC[C@H](C)[NH3+].C[C@H]([NH3+])CO.C[C@H]([NH3+])CS.[NH3+][C@H](Cc1ccc(O)cc1)C(=O)[O-].[NH3+][C@H](Cc1cnc[nH]1)C(=O)[O-]. The molecule has 0 radical (unpaired) electrons. The monoisotopic (exact) mass is 775 g/mol. The number of carboxylic acids is 2. The van der Waals surface area contributed by atoms with E-state index in [-0.39, 0.29) is 30.5 Å². The van der Waals surface area contributed by atoms with E-state index >= 15 is 0 Å². The van der Waals surface area contributed by atoms with E-state index in [0.717, 1.165) is 17.0 Å². The second kappa shape index (κ2) is 38.7. The molecule has 0 saturated carbocycles. The van der Waals surface area contributed by atoms with E-state index in [1.165, 1.54) is 30.6 Å². The molecule has 2 aromatic rings. The van der Waals surface area contributed by atoms with Gasteiger partial charge in [-0.3, -0.25) is 0 Å². The first kappa shape index (κ1) is 57.8. The van der Waals surface area contributed by atoms with Crippen LogP contribution in [0.2, 0.25) is 0 Å². The van der Waals surface area contributed by atoms with Gasteiger partial charge in [0.25, 0.3) is 0 Å². The number of aliphatic carboxylic acids is 2. The number of hydrogen-bond acceptors (Lipinski definition) is 10. The van der Waals surface area contributed by atoms with Crippen LogP contribution in [0.15, 0.2) is 36.8 Å². The fourth-order valence-electron chi connectivity index (χ4n) is 2.06. The molecule has 302 valence electrons. The summed E-state index contributed by atoms with van der Waals surface area (Å²) >= 11 is 5.84. The third-order valence-corrected chi connectivity index (χ3v) is 6.64. The number of nitrogens with one attached hydrogen (secondary N) is 1. The van der Waals surface area contributed by atoms with Gasteiger partial charge in [0.05, 0.1) is 43.0 Å². The Hall–Kier alpha value is -2.49. The summed E-state index contributed by atoms with van der Waals surface area (Å²) in [4.78, 5) is 27.1. The Bertz CT molecular complexity index is 1000. The number of thiol groups is 1. The number of aliphatic hydroxyl groups excluding tert-OH is 2. The molecule has 51 heavy (non-hydrogen) atoms. The van der Waals surface area contributed by atoms with Crippen LogP contribution in [-0.4, -0.2) is 110 Å². The van der Waals surface area contributed by atoms with Crippen molar-refractivity contribution in [1.82, 2.24) is 9.97 Å². The summed E-state index contributed by atoms with van der Waals surface area (Å²) in [6.07, 6.45) is 6.84. The number of carboxylic acid groups (broad SMARTS) is 2. The number of aromatic nitrogens is 2.